The molecule has 0 saturated carbocycles. The van der Waals surface area contributed by atoms with Gasteiger partial charge in [-0.1, -0.05) is 6.07 Å². The van der Waals surface area contributed by atoms with Crippen molar-refractivity contribution in [2.45, 2.75) is 19.4 Å². The van der Waals surface area contributed by atoms with Crippen molar-refractivity contribution < 1.29 is 23.8 Å². The van der Waals surface area contributed by atoms with Crippen LogP contribution < -0.4 is 10.6 Å². The van der Waals surface area contributed by atoms with Gasteiger partial charge >= 0.3 is 12.0 Å². The fourth-order valence-electron chi connectivity index (χ4n) is 1.80. The monoisotopic (exact) mass is 298 g/mol. The van der Waals surface area contributed by atoms with Gasteiger partial charge in [-0.15, -0.1) is 0 Å². The van der Waals surface area contributed by atoms with Gasteiger partial charge in [-0.05, 0) is 36.6 Å². The Hall–Kier alpha value is -2.15. The Morgan fingerprint density at radius 2 is 2.14 bits per heavy atom. The van der Waals surface area contributed by atoms with Crippen molar-refractivity contribution in [3.05, 3.63) is 35.1 Å². The molecule has 1 unspecified atom stereocenters. The molecule has 116 valence electrons. The van der Waals surface area contributed by atoms with Crippen LogP contribution in [0.1, 0.15) is 11.1 Å². The van der Waals surface area contributed by atoms with Crippen molar-refractivity contribution in [1.82, 2.24) is 10.6 Å². The first kappa shape index (κ1) is 16.9. The average Bonchev–Trinajstić information content (AvgIpc) is 2.40. The number of aryl methyl sites for hydroxylation is 1. The highest BCUT2D eigenvalue weighted by molar-refractivity contribution is 5.82. The predicted molar refractivity (Wildman–Crippen MR) is 74.7 cm³/mol. The highest BCUT2D eigenvalue weighted by atomic mass is 19.1. The van der Waals surface area contributed by atoms with Gasteiger partial charge in [-0.3, -0.25) is 0 Å². The van der Waals surface area contributed by atoms with E-state index in [0.29, 0.717) is 13.0 Å². The fourth-order valence-corrected chi connectivity index (χ4v) is 1.80. The maximum absolute atomic E-state index is 12.9. The van der Waals surface area contributed by atoms with E-state index < -0.39 is 18.0 Å². The van der Waals surface area contributed by atoms with Gasteiger partial charge in [-0.2, -0.15) is 0 Å². The number of hydrogen-bond acceptors (Lipinski definition) is 3. The van der Waals surface area contributed by atoms with Gasteiger partial charge in [-0.25, -0.2) is 14.0 Å². The van der Waals surface area contributed by atoms with Crippen LogP contribution in [0.2, 0.25) is 0 Å². The molecule has 1 rings (SSSR count). The molecule has 0 aromatic heterocycles. The van der Waals surface area contributed by atoms with Crippen LogP contribution in [0.3, 0.4) is 0 Å². The number of rotatable bonds is 7. The highest BCUT2D eigenvalue weighted by Gasteiger charge is 2.19. The summed E-state index contributed by atoms with van der Waals surface area (Å²) in [5, 5.41) is 13.7. The molecule has 0 aliphatic rings. The molecule has 0 spiro atoms. The van der Waals surface area contributed by atoms with Crippen molar-refractivity contribution in [3.63, 3.8) is 0 Å². The van der Waals surface area contributed by atoms with Crippen molar-refractivity contribution in [2.24, 2.45) is 0 Å². The molecule has 2 amide bonds. The third kappa shape index (κ3) is 5.78. The Bertz CT molecular complexity index is 508. The number of aliphatic carboxylic acids is 1. The van der Waals surface area contributed by atoms with Gasteiger partial charge in [0.1, 0.15) is 5.82 Å². The number of halogens is 1. The van der Waals surface area contributed by atoms with Crippen molar-refractivity contribution in [3.8, 4) is 0 Å². The third-order valence-corrected chi connectivity index (χ3v) is 2.92. The lowest BCUT2D eigenvalue weighted by Gasteiger charge is -2.14. The zero-order valence-corrected chi connectivity index (χ0v) is 12.0. The van der Waals surface area contributed by atoms with Gasteiger partial charge in [0.2, 0.25) is 0 Å². The Morgan fingerprint density at radius 3 is 2.71 bits per heavy atom. The lowest BCUT2D eigenvalue weighted by Crippen LogP contribution is -2.48. The summed E-state index contributed by atoms with van der Waals surface area (Å²) >= 11 is 0. The van der Waals surface area contributed by atoms with Crippen LogP contribution in [-0.4, -0.2) is 43.4 Å². The predicted octanol–water partition coefficient (Wildman–Crippen LogP) is 1.08. The molecule has 0 aliphatic heterocycles. The van der Waals surface area contributed by atoms with Crippen molar-refractivity contribution in [1.29, 1.82) is 0 Å². The first-order chi connectivity index (χ1) is 9.93. The van der Waals surface area contributed by atoms with E-state index in [0.717, 1.165) is 11.1 Å². The van der Waals surface area contributed by atoms with E-state index in [1.165, 1.54) is 19.2 Å². The van der Waals surface area contributed by atoms with Crippen LogP contribution in [-0.2, 0) is 16.0 Å². The van der Waals surface area contributed by atoms with Crippen LogP contribution in [0.15, 0.2) is 18.2 Å². The molecule has 1 aromatic rings. The van der Waals surface area contributed by atoms with Crippen molar-refractivity contribution in [2.75, 3.05) is 20.3 Å². The van der Waals surface area contributed by atoms with Crippen LogP contribution in [0.4, 0.5) is 9.18 Å². The Kier molecular flexibility index (Phi) is 6.61. The molecule has 0 fully saturated rings. The third-order valence-electron chi connectivity index (χ3n) is 2.92. The van der Waals surface area contributed by atoms with E-state index in [4.69, 9.17) is 9.84 Å². The second-order valence-corrected chi connectivity index (χ2v) is 4.57. The molecule has 0 bridgehead atoms. The van der Waals surface area contributed by atoms with Gasteiger partial charge in [0.05, 0.1) is 6.61 Å². The highest BCUT2D eigenvalue weighted by Crippen LogP contribution is 2.10. The van der Waals surface area contributed by atoms with Gasteiger partial charge in [0.15, 0.2) is 6.04 Å². The summed E-state index contributed by atoms with van der Waals surface area (Å²) in [6.07, 6.45) is 0.529. The SMILES string of the molecule is COCC(NC(=O)NCCc1ccc(F)cc1C)C(=O)O. The molecule has 0 radical (unpaired) electrons. The van der Waals surface area contributed by atoms with E-state index in [1.54, 1.807) is 13.0 Å². The number of carbonyl (C=O) groups is 2. The van der Waals surface area contributed by atoms with Crippen LogP contribution in [0.25, 0.3) is 0 Å². The fraction of sp³-hybridized carbons (Fsp3) is 0.429. The number of hydrogen-bond donors (Lipinski definition) is 3. The minimum atomic E-state index is -1.17. The number of nitrogens with one attached hydrogen (secondary N) is 2. The summed E-state index contributed by atoms with van der Waals surface area (Å²) in [7, 11) is 1.35. The largest absolute Gasteiger partial charge is 0.480 e. The summed E-state index contributed by atoms with van der Waals surface area (Å²) in [5.41, 5.74) is 1.73. The molecule has 7 heteroatoms. The summed E-state index contributed by atoms with van der Waals surface area (Å²) in [4.78, 5) is 22.4. The first-order valence-electron chi connectivity index (χ1n) is 6.45. The number of benzene rings is 1. The lowest BCUT2D eigenvalue weighted by molar-refractivity contribution is -0.140. The molecular weight excluding hydrogens is 279 g/mol. The van der Waals surface area contributed by atoms with Gasteiger partial charge in [0.25, 0.3) is 0 Å². The van der Waals surface area contributed by atoms with E-state index in [2.05, 4.69) is 10.6 Å². The molecular formula is C14H19FN2O4. The smallest absolute Gasteiger partial charge is 0.328 e. The van der Waals surface area contributed by atoms with E-state index in [9.17, 15) is 14.0 Å². The number of ether oxygens (including phenoxy) is 1. The quantitative estimate of drug-likeness (QED) is 0.703. The summed E-state index contributed by atoms with van der Waals surface area (Å²) in [6, 6.07) is 2.77. The van der Waals surface area contributed by atoms with Gasteiger partial charge in [0, 0.05) is 13.7 Å². The minimum absolute atomic E-state index is 0.111. The van der Waals surface area contributed by atoms with Gasteiger partial charge < -0.3 is 20.5 Å². The normalized spacial score (nSPS) is 11.8. The van der Waals surface area contributed by atoms with E-state index >= 15 is 0 Å². The minimum Gasteiger partial charge on any atom is -0.480 e. The van der Waals surface area contributed by atoms with Crippen LogP contribution >= 0.6 is 0 Å². The van der Waals surface area contributed by atoms with E-state index in [-0.39, 0.29) is 12.4 Å². The lowest BCUT2D eigenvalue weighted by atomic mass is 10.1. The summed E-state index contributed by atoms with van der Waals surface area (Å²) in [6.45, 7) is 2.00. The Balaban J connectivity index is 2.41. The molecule has 0 saturated heterocycles. The second kappa shape index (κ2) is 8.21. The van der Waals surface area contributed by atoms with Crippen molar-refractivity contribution >= 4 is 12.0 Å². The molecule has 0 heterocycles. The maximum atomic E-state index is 12.9. The molecule has 6 nitrogen and oxygen atoms in total. The Morgan fingerprint density at radius 1 is 1.43 bits per heavy atom. The molecule has 0 aliphatic carbocycles. The Labute approximate surface area is 122 Å². The number of carboxylic acids is 1. The van der Waals surface area contributed by atoms with E-state index in [1.807, 2.05) is 0 Å². The summed E-state index contributed by atoms with van der Waals surface area (Å²) < 4.78 is 17.7. The van der Waals surface area contributed by atoms with Crippen LogP contribution in [0.5, 0.6) is 0 Å². The van der Waals surface area contributed by atoms with Crippen LogP contribution in [0, 0.1) is 12.7 Å². The average molecular weight is 298 g/mol. The molecule has 1 atom stereocenters. The first-order valence-corrected chi connectivity index (χ1v) is 6.45. The topological polar surface area (TPSA) is 87.7 Å². The number of carbonyl (C=O) groups excluding carboxylic acids is 1. The molecule has 21 heavy (non-hydrogen) atoms. The maximum Gasteiger partial charge on any atom is 0.328 e. The second-order valence-electron chi connectivity index (χ2n) is 4.57. The zero-order chi connectivity index (χ0) is 15.8. The molecule has 3 N–H and O–H groups in total. The number of carboxylic acid groups (broad SMARTS) is 1. The summed E-state index contributed by atoms with van der Waals surface area (Å²) in [5.74, 6) is -1.47. The number of urea groups is 1. The standard InChI is InChI=1S/C14H19FN2O4/c1-9-7-11(15)4-3-10(9)5-6-16-14(20)17-12(8-21-2)13(18)19/h3-4,7,12H,5-6,8H2,1-2H3,(H,18,19)(H2,16,17,20). The molecule has 1 aromatic carbocycles. The number of methoxy groups -OCH3 is 1. The number of amides is 2. The zero-order valence-electron chi connectivity index (χ0n) is 12.0.